The van der Waals surface area contributed by atoms with Crippen LogP contribution in [-0.4, -0.2) is 10.0 Å². The Morgan fingerprint density at radius 3 is 2.62 bits per heavy atom. The van der Waals surface area contributed by atoms with E-state index in [1.807, 2.05) is 0 Å². The van der Waals surface area contributed by atoms with E-state index >= 15 is 0 Å². The number of hydrazine groups is 1. The highest BCUT2D eigenvalue weighted by molar-refractivity contribution is 4.76. The second kappa shape index (κ2) is 2.80. The molecular formula is C2H5N3O3. The molecule has 0 saturated carbocycles. The second-order valence-electron chi connectivity index (χ2n) is 0.944. The zero-order valence-corrected chi connectivity index (χ0v) is 3.87. The maximum atomic E-state index is 9.44. The number of nitrogens with one attached hydrogen (secondary N) is 1. The lowest BCUT2D eigenvalue weighted by Gasteiger charge is -1.88. The molecule has 0 heterocycles. The van der Waals surface area contributed by atoms with Crippen molar-refractivity contribution in [3.63, 3.8) is 0 Å². The summed E-state index contributed by atoms with van der Waals surface area (Å²) in [5.74, 6) is 3.88. The van der Waals surface area contributed by atoms with E-state index in [-0.39, 0.29) is 0 Å². The lowest BCUT2D eigenvalue weighted by molar-refractivity contribution is -0.405. The number of nitrogens with zero attached hydrogens (tertiary/aromatic N) is 1. The highest BCUT2D eigenvalue weighted by Crippen LogP contribution is 1.76. The molecule has 0 aromatic rings. The summed E-state index contributed by atoms with van der Waals surface area (Å²) in [6.07, 6.45) is 0.347. The Balaban J connectivity index is 3.75. The first-order valence-corrected chi connectivity index (χ1v) is 1.67. The molecule has 0 aliphatic heterocycles. The van der Waals surface area contributed by atoms with Gasteiger partial charge in [-0.2, -0.15) is 0 Å². The zero-order chi connectivity index (χ0) is 6.57. The molecule has 0 unspecified atom stereocenters. The van der Waals surface area contributed by atoms with Gasteiger partial charge < -0.3 is 5.11 Å². The minimum atomic E-state index is -0.824. The van der Waals surface area contributed by atoms with Gasteiger partial charge in [0.2, 0.25) is 0 Å². The monoisotopic (exact) mass is 119 g/mol. The van der Waals surface area contributed by atoms with E-state index in [0.29, 0.717) is 6.20 Å². The number of rotatable bonds is 2. The molecule has 6 heteroatoms. The standard InChI is InChI=1S/C2H5N3O3/c3-4-2(6)1-5(7)8/h1,4,6H,3H2/b2-1-. The van der Waals surface area contributed by atoms with Crippen LogP contribution in [0.15, 0.2) is 12.1 Å². The van der Waals surface area contributed by atoms with Crippen molar-refractivity contribution in [1.82, 2.24) is 5.43 Å². The van der Waals surface area contributed by atoms with Gasteiger partial charge in [-0.25, -0.2) is 5.84 Å². The second-order valence-corrected chi connectivity index (χ2v) is 0.944. The molecule has 0 spiro atoms. The smallest absolute Gasteiger partial charge is 0.294 e. The Morgan fingerprint density at radius 1 is 2.00 bits per heavy atom. The molecule has 0 amide bonds. The molecule has 0 aromatic heterocycles. The normalized spacial score (nSPS) is 10.9. The van der Waals surface area contributed by atoms with Gasteiger partial charge in [0.1, 0.15) is 0 Å². The number of nitrogens with two attached hydrogens (primary N) is 1. The van der Waals surface area contributed by atoms with Crippen LogP contribution in [0.2, 0.25) is 0 Å². The molecule has 0 saturated heterocycles. The Kier molecular flexibility index (Phi) is 2.35. The van der Waals surface area contributed by atoms with Gasteiger partial charge in [0.15, 0.2) is 0 Å². The Labute approximate surface area is 44.7 Å². The minimum Gasteiger partial charge on any atom is -0.490 e. The van der Waals surface area contributed by atoms with Crippen molar-refractivity contribution in [3.8, 4) is 0 Å². The highest BCUT2D eigenvalue weighted by atomic mass is 16.6. The summed E-state index contributed by atoms with van der Waals surface area (Å²) in [7, 11) is 0. The summed E-state index contributed by atoms with van der Waals surface area (Å²) in [6, 6.07) is 0. The third kappa shape index (κ3) is 2.91. The molecule has 0 bridgehead atoms. The van der Waals surface area contributed by atoms with E-state index in [9.17, 15) is 10.1 Å². The number of nitro groups is 1. The number of hydrogen-bond acceptors (Lipinski definition) is 5. The first-order chi connectivity index (χ1) is 3.66. The predicted octanol–water partition coefficient (Wildman–Crippen LogP) is -0.917. The van der Waals surface area contributed by atoms with Crippen LogP contribution in [-0.2, 0) is 0 Å². The van der Waals surface area contributed by atoms with Crippen molar-refractivity contribution >= 4 is 0 Å². The lowest BCUT2D eigenvalue weighted by atomic mass is 10.9. The summed E-state index contributed by atoms with van der Waals surface area (Å²) in [4.78, 5) is 8.62. The summed E-state index contributed by atoms with van der Waals surface area (Å²) in [6.45, 7) is 0. The topological polar surface area (TPSA) is 101 Å². The van der Waals surface area contributed by atoms with E-state index < -0.39 is 10.8 Å². The fraction of sp³-hybridized carbons (Fsp3) is 0. The SMILES string of the molecule is NN/C(O)=C/[N+](=O)[O-]. The van der Waals surface area contributed by atoms with Crippen LogP contribution in [0.25, 0.3) is 0 Å². The summed E-state index contributed by atoms with van der Waals surface area (Å²) < 4.78 is 0. The van der Waals surface area contributed by atoms with Gasteiger partial charge in [-0.15, -0.1) is 0 Å². The number of hydrogen-bond donors (Lipinski definition) is 3. The van der Waals surface area contributed by atoms with Crippen molar-refractivity contribution < 1.29 is 10.0 Å². The van der Waals surface area contributed by atoms with Crippen molar-refractivity contribution in [2.45, 2.75) is 0 Å². The van der Waals surface area contributed by atoms with E-state index in [1.54, 1.807) is 5.43 Å². The quantitative estimate of drug-likeness (QED) is 0.189. The first kappa shape index (κ1) is 6.70. The minimum absolute atomic E-state index is 0.347. The molecule has 4 N–H and O–H groups in total. The van der Waals surface area contributed by atoms with Gasteiger partial charge >= 0.3 is 0 Å². The van der Waals surface area contributed by atoms with Crippen LogP contribution in [0, 0.1) is 10.1 Å². The average Bonchev–Trinajstić information content (AvgIpc) is 1.65. The predicted molar refractivity (Wildman–Crippen MR) is 25.0 cm³/mol. The first-order valence-electron chi connectivity index (χ1n) is 1.67. The third-order valence-electron chi connectivity index (χ3n) is 0.376. The van der Waals surface area contributed by atoms with Crippen LogP contribution in [0.4, 0.5) is 0 Å². The van der Waals surface area contributed by atoms with Crippen LogP contribution in [0.3, 0.4) is 0 Å². The number of aliphatic hydroxyl groups excluding tert-OH is 1. The van der Waals surface area contributed by atoms with Crippen LogP contribution >= 0.6 is 0 Å². The van der Waals surface area contributed by atoms with Crippen molar-refractivity contribution in [1.29, 1.82) is 0 Å². The van der Waals surface area contributed by atoms with Crippen molar-refractivity contribution in [3.05, 3.63) is 22.2 Å². The summed E-state index contributed by atoms with van der Waals surface area (Å²) >= 11 is 0. The molecule has 0 aliphatic carbocycles. The molecule has 6 nitrogen and oxygen atoms in total. The molecule has 0 radical (unpaired) electrons. The van der Waals surface area contributed by atoms with Gasteiger partial charge in [-0.3, -0.25) is 15.5 Å². The zero-order valence-electron chi connectivity index (χ0n) is 3.87. The fourth-order valence-electron chi connectivity index (χ4n) is 0.137. The van der Waals surface area contributed by atoms with Crippen molar-refractivity contribution in [2.24, 2.45) is 5.84 Å². The van der Waals surface area contributed by atoms with E-state index in [2.05, 4.69) is 5.84 Å². The summed E-state index contributed by atoms with van der Waals surface area (Å²) in [5, 5.41) is 17.7. The fourth-order valence-corrected chi connectivity index (χ4v) is 0.137. The van der Waals surface area contributed by atoms with Crippen LogP contribution in [0.1, 0.15) is 0 Å². The molecule has 0 aromatic carbocycles. The molecular weight excluding hydrogens is 114 g/mol. The van der Waals surface area contributed by atoms with Gasteiger partial charge in [-0.1, -0.05) is 0 Å². The van der Waals surface area contributed by atoms with Gasteiger partial charge in [0, 0.05) is 0 Å². The molecule has 46 valence electrons. The van der Waals surface area contributed by atoms with E-state index in [1.165, 1.54) is 0 Å². The number of aliphatic hydroxyl groups is 1. The van der Waals surface area contributed by atoms with Gasteiger partial charge in [0.05, 0.1) is 4.92 Å². The van der Waals surface area contributed by atoms with Crippen molar-refractivity contribution in [2.75, 3.05) is 0 Å². The van der Waals surface area contributed by atoms with Crippen LogP contribution < -0.4 is 11.3 Å². The van der Waals surface area contributed by atoms with E-state index in [4.69, 9.17) is 5.11 Å². The Hall–Kier alpha value is -1.30. The van der Waals surface area contributed by atoms with Crippen LogP contribution in [0.5, 0.6) is 0 Å². The van der Waals surface area contributed by atoms with Gasteiger partial charge in [-0.05, 0) is 0 Å². The largest absolute Gasteiger partial charge is 0.490 e. The molecule has 0 atom stereocenters. The summed E-state index contributed by atoms with van der Waals surface area (Å²) in [5.41, 5.74) is 1.67. The Bertz CT molecular complexity index is 120. The highest BCUT2D eigenvalue weighted by Gasteiger charge is 1.92. The molecule has 0 aliphatic rings. The van der Waals surface area contributed by atoms with E-state index in [0.717, 1.165) is 0 Å². The molecule has 0 fully saturated rings. The Morgan fingerprint density at radius 2 is 2.50 bits per heavy atom. The molecule has 8 heavy (non-hydrogen) atoms. The third-order valence-corrected chi connectivity index (χ3v) is 0.376. The lowest BCUT2D eigenvalue weighted by Crippen LogP contribution is -2.21. The van der Waals surface area contributed by atoms with Gasteiger partial charge in [0.25, 0.3) is 12.1 Å². The maximum Gasteiger partial charge on any atom is 0.294 e. The molecule has 0 rings (SSSR count). The maximum absolute atomic E-state index is 9.44. The average molecular weight is 119 g/mol.